The zero-order valence-corrected chi connectivity index (χ0v) is 11.6. The van der Waals surface area contributed by atoms with Crippen LogP contribution in [0.5, 0.6) is 0 Å². The minimum atomic E-state index is 0.186. The van der Waals surface area contributed by atoms with E-state index in [4.69, 9.17) is 4.42 Å². The summed E-state index contributed by atoms with van der Waals surface area (Å²) in [5.41, 5.74) is 3.89. The van der Waals surface area contributed by atoms with Gasteiger partial charge in [-0.05, 0) is 62.6 Å². The van der Waals surface area contributed by atoms with Crippen molar-refractivity contribution in [1.82, 2.24) is 0 Å². The highest BCUT2D eigenvalue weighted by molar-refractivity contribution is 5.49. The van der Waals surface area contributed by atoms with Crippen molar-refractivity contribution in [1.29, 1.82) is 0 Å². The van der Waals surface area contributed by atoms with E-state index in [0.717, 1.165) is 23.6 Å². The number of furan rings is 1. The molecular weight excluding hydrogens is 222 g/mol. The quantitative estimate of drug-likeness (QED) is 0.846. The molecule has 1 heterocycles. The summed E-state index contributed by atoms with van der Waals surface area (Å²) in [6.07, 6.45) is 1.07. The zero-order chi connectivity index (χ0) is 13.1. The van der Waals surface area contributed by atoms with Crippen LogP contribution in [0, 0.1) is 13.8 Å². The van der Waals surface area contributed by atoms with E-state index in [1.807, 2.05) is 19.1 Å². The summed E-state index contributed by atoms with van der Waals surface area (Å²) in [7, 11) is 0. The normalized spacial score (nSPS) is 12.4. The van der Waals surface area contributed by atoms with E-state index in [0.29, 0.717) is 0 Å². The number of rotatable bonds is 4. The third kappa shape index (κ3) is 2.76. The maximum atomic E-state index is 5.64. The molecule has 0 bridgehead atoms. The van der Waals surface area contributed by atoms with Crippen LogP contribution in [0.3, 0.4) is 0 Å². The molecule has 2 heteroatoms. The zero-order valence-electron chi connectivity index (χ0n) is 11.6. The third-order valence-electron chi connectivity index (χ3n) is 3.30. The van der Waals surface area contributed by atoms with Crippen LogP contribution in [0.4, 0.5) is 5.69 Å². The van der Waals surface area contributed by atoms with Crippen LogP contribution >= 0.6 is 0 Å². The lowest BCUT2D eigenvalue weighted by Gasteiger charge is -2.14. The van der Waals surface area contributed by atoms with E-state index in [9.17, 15) is 0 Å². The first-order valence-electron chi connectivity index (χ1n) is 6.52. The van der Waals surface area contributed by atoms with Crippen molar-refractivity contribution >= 4 is 5.69 Å². The summed E-state index contributed by atoms with van der Waals surface area (Å²) >= 11 is 0. The molecule has 0 spiro atoms. The first-order chi connectivity index (χ1) is 8.60. The predicted molar refractivity (Wildman–Crippen MR) is 76.0 cm³/mol. The number of aryl methyl sites for hydroxylation is 3. The van der Waals surface area contributed by atoms with E-state index >= 15 is 0 Å². The fourth-order valence-corrected chi connectivity index (χ4v) is 2.15. The fraction of sp³-hybridized carbons (Fsp3) is 0.375. The average Bonchev–Trinajstić information content (AvgIpc) is 2.78. The third-order valence-corrected chi connectivity index (χ3v) is 3.30. The molecule has 1 atom stereocenters. The summed E-state index contributed by atoms with van der Waals surface area (Å²) in [4.78, 5) is 0. The number of hydrogen-bond donors (Lipinski definition) is 1. The monoisotopic (exact) mass is 243 g/mol. The maximum Gasteiger partial charge on any atom is 0.126 e. The van der Waals surface area contributed by atoms with Crippen LogP contribution in [0.25, 0.3) is 0 Å². The molecular formula is C16H21NO. The number of anilines is 1. The topological polar surface area (TPSA) is 25.2 Å². The van der Waals surface area contributed by atoms with Crippen molar-refractivity contribution in [3.63, 3.8) is 0 Å². The minimum Gasteiger partial charge on any atom is -0.464 e. The molecule has 96 valence electrons. The molecule has 0 saturated carbocycles. The van der Waals surface area contributed by atoms with Gasteiger partial charge in [0, 0.05) is 5.69 Å². The highest BCUT2D eigenvalue weighted by Crippen LogP contribution is 2.23. The second-order valence-electron chi connectivity index (χ2n) is 4.81. The summed E-state index contributed by atoms with van der Waals surface area (Å²) in [5.74, 6) is 1.93. The standard InChI is InChI=1S/C16H21NO/c1-5-14-10-15(8-6-11(14)2)17-13(4)16-9-7-12(3)18-16/h6-10,13,17H,5H2,1-4H3. The molecule has 2 nitrogen and oxygen atoms in total. The van der Waals surface area contributed by atoms with Gasteiger partial charge in [0.2, 0.25) is 0 Å². The van der Waals surface area contributed by atoms with E-state index in [1.54, 1.807) is 0 Å². The van der Waals surface area contributed by atoms with E-state index in [2.05, 4.69) is 44.3 Å². The average molecular weight is 243 g/mol. The molecule has 0 aliphatic rings. The molecule has 0 aliphatic carbocycles. The second kappa shape index (κ2) is 5.30. The Bertz CT molecular complexity index is 528. The molecule has 0 amide bonds. The molecule has 2 aromatic rings. The summed E-state index contributed by atoms with van der Waals surface area (Å²) in [6.45, 7) is 8.42. The largest absolute Gasteiger partial charge is 0.464 e. The van der Waals surface area contributed by atoms with Crippen molar-refractivity contribution in [2.75, 3.05) is 5.32 Å². The number of benzene rings is 1. The minimum absolute atomic E-state index is 0.186. The van der Waals surface area contributed by atoms with Gasteiger partial charge in [0.25, 0.3) is 0 Å². The molecule has 1 aromatic carbocycles. The van der Waals surface area contributed by atoms with Gasteiger partial charge in [-0.2, -0.15) is 0 Å². The van der Waals surface area contributed by atoms with Gasteiger partial charge in [0.15, 0.2) is 0 Å². The molecule has 2 rings (SSSR count). The van der Waals surface area contributed by atoms with Crippen molar-refractivity contribution < 1.29 is 4.42 Å². The lowest BCUT2D eigenvalue weighted by molar-refractivity contribution is 0.467. The van der Waals surface area contributed by atoms with Gasteiger partial charge in [0.1, 0.15) is 11.5 Å². The molecule has 0 fully saturated rings. The van der Waals surface area contributed by atoms with Gasteiger partial charge in [-0.3, -0.25) is 0 Å². The highest BCUT2D eigenvalue weighted by Gasteiger charge is 2.09. The van der Waals surface area contributed by atoms with Gasteiger partial charge in [-0.25, -0.2) is 0 Å². The Morgan fingerprint density at radius 2 is 1.94 bits per heavy atom. The molecule has 1 aromatic heterocycles. The van der Waals surface area contributed by atoms with Crippen LogP contribution in [-0.2, 0) is 6.42 Å². The van der Waals surface area contributed by atoms with Gasteiger partial charge in [-0.15, -0.1) is 0 Å². The highest BCUT2D eigenvalue weighted by atomic mass is 16.3. The lowest BCUT2D eigenvalue weighted by Crippen LogP contribution is -2.06. The molecule has 0 radical (unpaired) electrons. The predicted octanol–water partition coefficient (Wildman–Crippen LogP) is 4.63. The van der Waals surface area contributed by atoms with E-state index in [1.165, 1.54) is 11.1 Å². The van der Waals surface area contributed by atoms with Gasteiger partial charge in [-0.1, -0.05) is 13.0 Å². The summed E-state index contributed by atoms with van der Waals surface area (Å²) in [5, 5.41) is 3.48. The molecule has 1 unspecified atom stereocenters. The van der Waals surface area contributed by atoms with E-state index < -0.39 is 0 Å². The molecule has 18 heavy (non-hydrogen) atoms. The van der Waals surface area contributed by atoms with Crippen molar-refractivity contribution in [2.45, 2.75) is 40.2 Å². The fourth-order valence-electron chi connectivity index (χ4n) is 2.15. The Balaban J connectivity index is 2.14. The Hall–Kier alpha value is -1.70. The van der Waals surface area contributed by atoms with Crippen LogP contribution in [0.2, 0.25) is 0 Å². The Labute approximate surface area is 109 Å². The van der Waals surface area contributed by atoms with Gasteiger partial charge < -0.3 is 9.73 Å². The van der Waals surface area contributed by atoms with Gasteiger partial charge >= 0.3 is 0 Å². The number of nitrogens with one attached hydrogen (secondary N) is 1. The first-order valence-corrected chi connectivity index (χ1v) is 6.52. The summed E-state index contributed by atoms with van der Waals surface area (Å²) < 4.78 is 5.64. The Morgan fingerprint density at radius 3 is 2.56 bits per heavy atom. The lowest BCUT2D eigenvalue weighted by atomic mass is 10.1. The van der Waals surface area contributed by atoms with Gasteiger partial charge in [0.05, 0.1) is 6.04 Å². The second-order valence-corrected chi connectivity index (χ2v) is 4.81. The van der Waals surface area contributed by atoms with Crippen LogP contribution in [0.1, 0.15) is 42.5 Å². The van der Waals surface area contributed by atoms with Crippen LogP contribution in [0.15, 0.2) is 34.7 Å². The van der Waals surface area contributed by atoms with Crippen molar-refractivity contribution in [3.05, 3.63) is 53.0 Å². The van der Waals surface area contributed by atoms with Crippen molar-refractivity contribution in [2.24, 2.45) is 0 Å². The summed E-state index contributed by atoms with van der Waals surface area (Å²) in [6, 6.07) is 10.7. The number of hydrogen-bond acceptors (Lipinski definition) is 2. The smallest absolute Gasteiger partial charge is 0.126 e. The SMILES string of the molecule is CCc1cc(NC(C)c2ccc(C)o2)ccc1C. The van der Waals surface area contributed by atoms with Crippen LogP contribution in [-0.4, -0.2) is 0 Å². The van der Waals surface area contributed by atoms with Crippen LogP contribution < -0.4 is 5.32 Å². The van der Waals surface area contributed by atoms with E-state index in [-0.39, 0.29) is 6.04 Å². The first kappa shape index (κ1) is 12.7. The van der Waals surface area contributed by atoms with Crippen molar-refractivity contribution in [3.8, 4) is 0 Å². The molecule has 0 saturated heterocycles. The molecule has 1 N–H and O–H groups in total. The Kier molecular flexibility index (Phi) is 3.75. The Morgan fingerprint density at radius 1 is 1.17 bits per heavy atom. The molecule has 0 aliphatic heterocycles. The maximum absolute atomic E-state index is 5.64.